The molecule has 0 radical (unpaired) electrons. The number of hydrogen-bond donors (Lipinski definition) is 2. The second-order valence-corrected chi connectivity index (χ2v) is 7.28. The predicted octanol–water partition coefficient (Wildman–Crippen LogP) is 3.15. The third-order valence-corrected chi connectivity index (χ3v) is 4.91. The molecule has 29 heavy (non-hydrogen) atoms. The molecule has 0 unspecified atom stereocenters. The van der Waals surface area contributed by atoms with Gasteiger partial charge in [-0.2, -0.15) is 4.98 Å². The van der Waals surface area contributed by atoms with Gasteiger partial charge in [0.05, 0.1) is 0 Å². The zero-order valence-corrected chi connectivity index (χ0v) is 19.8. The first kappa shape index (κ1) is 23.6. The van der Waals surface area contributed by atoms with E-state index in [2.05, 4.69) is 62.9 Å². The van der Waals surface area contributed by atoms with Gasteiger partial charge in [0.2, 0.25) is 5.89 Å². The summed E-state index contributed by atoms with van der Waals surface area (Å²) in [4.78, 5) is 11.5. The molecule has 1 aromatic heterocycles. The Balaban J connectivity index is 0.00000300. The molecular formula is C21H33IN6O. The Bertz CT molecular complexity index is 728. The molecule has 8 heteroatoms. The van der Waals surface area contributed by atoms with Crippen LogP contribution in [0.4, 0.5) is 0 Å². The Kier molecular flexibility index (Phi) is 10.4. The van der Waals surface area contributed by atoms with E-state index in [0.717, 1.165) is 64.4 Å². The van der Waals surface area contributed by atoms with E-state index in [0.29, 0.717) is 17.8 Å². The predicted molar refractivity (Wildman–Crippen MR) is 127 cm³/mol. The molecule has 0 atom stereocenters. The van der Waals surface area contributed by atoms with Crippen molar-refractivity contribution in [2.45, 2.75) is 52.1 Å². The third kappa shape index (κ3) is 8.30. The number of halogens is 1. The summed E-state index contributed by atoms with van der Waals surface area (Å²) in [6.45, 7) is 8.80. The van der Waals surface area contributed by atoms with Crippen molar-refractivity contribution in [3.8, 4) is 0 Å². The van der Waals surface area contributed by atoms with Crippen LogP contribution < -0.4 is 10.6 Å². The number of aliphatic imine (C=N–C) groups is 1. The fourth-order valence-electron chi connectivity index (χ4n) is 3.45. The van der Waals surface area contributed by atoms with Crippen LogP contribution in [0, 0.1) is 6.92 Å². The van der Waals surface area contributed by atoms with Crippen LogP contribution in [0.15, 0.2) is 39.8 Å². The first-order valence-electron chi connectivity index (χ1n) is 10.3. The second-order valence-electron chi connectivity index (χ2n) is 7.28. The molecule has 2 N–H and O–H groups in total. The number of nitrogens with zero attached hydrogens (tertiary/aromatic N) is 4. The maximum atomic E-state index is 5.15. The van der Waals surface area contributed by atoms with Gasteiger partial charge < -0.3 is 15.2 Å². The van der Waals surface area contributed by atoms with Crippen LogP contribution >= 0.6 is 24.0 Å². The van der Waals surface area contributed by atoms with Crippen molar-refractivity contribution in [2.24, 2.45) is 4.99 Å². The zero-order valence-electron chi connectivity index (χ0n) is 17.4. The molecule has 0 aliphatic carbocycles. The van der Waals surface area contributed by atoms with Gasteiger partial charge in [-0.15, -0.1) is 24.0 Å². The van der Waals surface area contributed by atoms with Crippen LogP contribution in [0.1, 0.15) is 43.5 Å². The molecule has 1 aliphatic heterocycles. The zero-order chi connectivity index (χ0) is 19.6. The van der Waals surface area contributed by atoms with E-state index in [4.69, 9.17) is 9.52 Å². The van der Waals surface area contributed by atoms with Crippen molar-refractivity contribution < 1.29 is 4.52 Å². The lowest BCUT2D eigenvalue weighted by molar-refractivity contribution is 0.198. The monoisotopic (exact) mass is 512 g/mol. The summed E-state index contributed by atoms with van der Waals surface area (Å²) in [7, 11) is 0. The number of hydrogen-bond acceptors (Lipinski definition) is 5. The summed E-state index contributed by atoms with van der Waals surface area (Å²) < 4.78 is 5.15. The van der Waals surface area contributed by atoms with Crippen LogP contribution in [-0.4, -0.2) is 53.2 Å². The highest BCUT2D eigenvalue weighted by Gasteiger charge is 2.20. The number of aryl methyl sites for hydroxylation is 2. The molecule has 0 amide bonds. The number of aromatic nitrogens is 2. The fraction of sp³-hybridized carbons (Fsp3) is 0.571. The Morgan fingerprint density at radius 2 is 2.00 bits per heavy atom. The molecule has 3 rings (SSSR count). The van der Waals surface area contributed by atoms with Gasteiger partial charge in [-0.1, -0.05) is 35.5 Å². The topological polar surface area (TPSA) is 78.6 Å². The molecule has 7 nitrogen and oxygen atoms in total. The Labute approximate surface area is 190 Å². The number of guanidine groups is 1. The minimum absolute atomic E-state index is 0. The van der Waals surface area contributed by atoms with E-state index in [9.17, 15) is 0 Å². The summed E-state index contributed by atoms with van der Waals surface area (Å²) in [6.07, 6.45) is 3.94. The average Bonchev–Trinajstić information content (AvgIpc) is 3.13. The SMILES string of the molecule is CCNC(=NCCCc1nc(C)no1)NC1CCN(Cc2ccccc2)CC1.I. The van der Waals surface area contributed by atoms with E-state index in [1.54, 1.807) is 0 Å². The molecule has 0 bridgehead atoms. The lowest BCUT2D eigenvalue weighted by Gasteiger charge is -2.33. The summed E-state index contributed by atoms with van der Waals surface area (Å²) in [6, 6.07) is 11.2. The van der Waals surface area contributed by atoms with Crippen molar-refractivity contribution in [2.75, 3.05) is 26.2 Å². The highest BCUT2D eigenvalue weighted by Crippen LogP contribution is 2.13. The molecular weight excluding hydrogens is 479 g/mol. The van der Waals surface area contributed by atoms with Gasteiger partial charge in [0.25, 0.3) is 0 Å². The standard InChI is InChI=1S/C21H32N6O.HI/c1-3-22-21(23-13-7-10-20-24-17(2)26-28-20)25-19-11-14-27(15-12-19)16-18-8-5-4-6-9-18;/h4-6,8-9,19H,3,7,10-16H2,1-2H3,(H2,22,23,25);1H. The number of piperidine rings is 1. The van der Waals surface area contributed by atoms with E-state index in [1.165, 1.54) is 5.56 Å². The van der Waals surface area contributed by atoms with E-state index in [-0.39, 0.29) is 24.0 Å². The van der Waals surface area contributed by atoms with Crippen LogP contribution in [0.25, 0.3) is 0 Å². The first-order valence-corrected chi connectivity index (χ1v) is 10.3. The number of benzene rings is 1. The molecule has 160 valence electrons. The lowest BCUT2D eigenvalue weighted by Crippen LogP contribution is -2.48. The molecule has 1 fully saturated rings. The van der Waals surface area contributed by atoms with Gasteiger partial charge in [-0.25, -0.2) is 0 Å². The van der Waals surface area contributed by atoms with Crippen LogP contribution in [0.3, 0.4) is 0 Å². The number of likely N-dealkylation sites (tertiary alicyclic amines) is 1. The molecule has 2 heterocycles. The van der Waals surface area contributed by atoms with Crippen molar-refractivity contribution in [3.63, 3.8) is 0 Å². The maximum absolute atomic E-state index is 5.15. The van der Waals surface area contributed by atoms with E-state index in [1.807, 2.05) is 6.92 Å². The minimum Gasteiger partial charge on any atom is -0.357 e. The van der Waals surface area contributed by atoms with Crippen LogP contribution in [0.5, 0.6) is 0 Å². The molecule has 2 aromatic rings. The summed E-state index contributed by atoms with van der Waals surface area (Å²) in [5, 5.41) is 10.8. The summed E-state index contributed by atoms with van der Waals surface area (Å²) >= 11 is 0. The summed E-state index contributed by atoms with van der Waals surface area (Å²) in [5.41, 5.74) is 1.39. The molecule has 1 saturated heterocycles. The van der Waals surface area contributed by atoms with Crippen molar-refractivity contribution >= 4 is 29.9 Å². The van der Waals surface area contributed by atoms with Crippen molar-refractivity contribution in [1.29, 1.82) is 0 Å². The van der Waals surface area contributed by atoms with Gasteiger partial charge >= 0.3 is 0 Å². The van der Waals surface area contributed by atoms with Gasteiger partial charge in [0.15, 0.2) is 11.8 Å². The number of rotatable bonds is 8. The van der Waals surface area contributed by atoms with Crippen LogP contribution in [0.2, 0.25) is 0 Å². The normalized spacial score (nSPS) is 15.7. The Morgan fingerprint density at radius 1 is 1.24 bits per heavy atom. The second kappa shape index (κ2) is 12.8. The quantitative estimate of drug-likeness (QED) is 0.245. The Hall–Kier alpha value is -1.68. The molecule has 1 aliphatic rings. The van der Waals surface area contributed by atoms with Gasteiger partial charge in [0.1, 0.15) is 0 Å². The van der Waals surface area contributed by atoms with Crippen LogP contribution in [-0.2, 0) is 13.0 Å². The van der Waals surface area contributed by atoms with E-state index >= 15 is 0 Å². The first-order chi connectivity index (χ1) is 13.7. The molecule has 0 saturated carbocycles. The van der Waals surface area contributed by atoms with Gasteiger partial charge in [-0.3, -0.25) is 9.89 Å². The Morgan fingerprint density at radius 3 is 2.66 bits per heavy atom. The van der Waals surface area contributed by atoms with Crippen molar-refractivity contribution in [3.05, 3.63) is 47.6 Å². The van der Waals surface area contributed by atoms with Gasteiger partial charge in [0, 0.05) is 45.2 Å². The smallest absolute Gasteiger partial charge is 0.226 e. The third-order valence-electron chi connectivity index (χ3n) is 4.91. The van der Waals surface area contributed by atoms with Gasteiger partial charge in [-0.05, 0) is 38.7 Å². The van der Waals surface area contributed by atoms with Crippen molar-refractivity contribution in [1.82, 2.24) is 25.7 Å². The fourth-order valence-corrected chi connectivity index (χ4v) is 3.45. The molecule has 1 aromatic carbocycles. The largest absolute Gasteiger partial charge is 0.357 e. The molecule has 0 spiro atoms. The highest BCUT2D eigenvalue weighted by molar-refractivity contribution is 14.0. The summed E-state index contributed by atoms with van der Waals surface area (Å²) in [5.74, 6) is 2.29. The maximum Gasteiger partial charge on any atom is 0.226 e. The minimum atomic E-state index is 0. The average molecular weight is 512 g/mol. The van der Waals surface area contributed by atoms with E-state index < -0.39 is 0 Å². The lowest BCUT2D eigenvalue weighted by atomic mass is 10.0. The number of nitrogens with one attached hydrogen (secondary N) is 2. The highest BCUT2D eigenvalue weighted by atomic mass is 127.